The van der Waals surface area contributed by atoms with Crippen molar-refractivity contribution >= 4 is 11.7 Å². The van der Waals surface area contributed by atoms with E-state index >= 15 is 0 Å². The predicted octanol–water partition coefficient (Wildman–Crippen LogP) is 0.882. The van der Waals surface area contributed by atoms with E-state index in [4.69, 9.17) is 5.73 Å². The largest absolute Gasteiger partial charge is 0.370 e. The van der Waals surface area contributed by atoms with Gasteiger partial charge in [-0.2, -0.15) is 0 Å². The molecular formula is C11H14N2O2. The summed E-state index contributed by atoms with van der Waals surface area (Å²) in [4.78, 5) is 22.2. The fraction of sp³-hybridized carbons (Fsp3) is 0.455. The lowest BCUT2D eigenvalue weighted by Crippen LogP contribution is -2.17. The highest BCUT2D eigenvalue weighted by Gasteiger charge is 2.20. The smallest absolute Gasteiger partial charge is 0.219 e. The van der Waals surface area contributed by atoms with Crippen LogP contribution in [0, 0.1) is 0 Å². The van der Waals surface area contributed by atoms with Crippen molar-refractivity contribution in [3.63, 3.8) is 0 Å². The molecule has 4 heteroatoms. The van der Waals surface area contributed by atoms with Crippen LogP contribution in [-0.2, 0) is 17.8 Å². The number of hydrogen-bond donors (Lipinski definition) is 1. The normalized spacial score (nSPS) is 15.1. The third kappa shape index (κ3) is 1.93. The van der Waals surface area contributed by atoms with Gasteiger partial charge in [0.25, 0.3) is 0 Å². The first-order valence-corrected chi connectivity index (χ1v) is 5.18. The van der Waals surface area contributed by atoms with E-state index in [1.165, 1.54) is 0 Å². The summed E-state index contributed by atoms with van der Waals surface area (Å²) in [5.41, 5.74) is 6.98. The van der Waals surface area contributed by atoms with Crippen LogP contribution >= 0.6 is 0 Å². The van der Waals surface area contributed by atoms with E-state index in [2.05, 4.69) is 0 Å². The van der Waals surface area contributed by atoms with Gasteiger partial charge in [-0.1, -0.05) is 0 Å². The van der Waals surface area contributed by atoms with Crippen molar-refractivity contribution in [2.75, 3.05) is 0 Å². The molecule has 2 N–H and O–H groups in total. The Morgan fingerprint density at radius 1 is 1.47 bits per heavy atom. The van der Waals surface area contributed by atoms with E-state index in [0.29, 0.717) is 19.4 Å². The summed E-state index contributed by atoms with van der Waals surface area (Å²) in [5, 5.41) is 0. The maximum Gasteiger partial charge on any atom is 0.219 e. The lowest BCUT2D eigenvalue weighted by Gasteiger charge is -2.14. The van der Waals surface area contributed by atoms with Crippen LogP contribution in [0.15, 0.2) is 12.3 Å². The number of aryl methyl sites for hydroxylation is 1. The number of Topliss-reactive ketones (excluding diaryl/α,β-unsaturated/α-hetero) is 1. The summed E-state index contributed by atoms with van der Waals surface area (Å²) in [6, 6.07) is 1.85. The first-order valence-electron chi connectivity index (χ1n) is 5.18. The molecule has 0 aromatic carbocycles. The molecule has 2 rings (SSSR count). The Morgan fingerprint density at radius 3 is 3.00 bits per heavy atom. The second-order valence-corrected chi connectivity index (χ2v) is 3.86. The fourth-order valence-corrected chi connectivity index (χ4v) is 2.03. The number of carbonyl (C=O) groups is 2. The zero-order valence-electron chi connectivity index (χ0n) is 8.53. The molecule has 1 amide bonds. The topological polar surface area (TPSA) is 65.1 Å². The van der Waals surface area contributed by atoms with Crippen LogP contribution in [0.2, 0.25) is 0 Å². The highest BCUT2D eigenvalue weighted by Crippen LogP contribution is 2.22. The van der Waals surface area contributed by atoms with E-state index in [1.807, 2.05) is 16.8 Å². The van der Waals surface area contributed by atoms with Gasteiger partial charge < -0.3 is 10.3 Å². The highest BCUT2D eigenvalue weighted by molar-refractivity contribution is 5.98. The molecule has 1 aliphatic carbocycles. The molecule has 1 heterocycles. The van der Waals surface area contributed by atoms with Crippen molar-refractivity contribution < 1.29 is 9.59 Å². The van der Waals surface area contributed by atoms with Gasteiger partial charge in [0.05, 0.1) is 0 Å². The van der Waals surface area contributed by atoms with Crippen LogP contribution in [-0.4, -0.2) is 16.3 Å². The average Bonchev–Trinajstić information content (AvgIpc) is 2.59. The number of primary amides is 1. The van der Waals surface area contributed by atoms with E-state index in [9.17, 15) is 9.59 Å². The average molecular weight is 206 g/mol. The molecule has 1 aromatic rings. The van der Waals surface area contributed by atoms with Crippen molar-refractivity contribution in [1.29, 1.82) is 0 Å². The van der Waals surface area contributed by atoms with Crippen molar-refractivity contribution in [1.82, 2.24) is 4.57 Å². The summed E-state index contributed by atoms with van der Waals surface area (Å²) in [6.07, 6.45) is 4.68. The van der Waals surface area contributed by atoms with Crippen molar-refractivity contribution in [2.45, 2.75) is 32.2 Å². The molecule has 0 saturated carbocycles. The Kier molecular flexibility index (Phi) is 2.58. The molecule has 1 aliphatic rings. The van der Waals surface area contributed by atoms with Gasteiger partial charge in [-0.25, -0.2) is 0 Å². The number of aromatic nitrogens is 1. The zero-order valence-corrected chi connectivity index (χ0v) is 8.53. The molecule has 0 spiro atoms. The molecule has 0 radical (unpaired) electrons. The standard InChI is InChI=1S/C11H14N2O2/c12-11(15)5-7-13-6-4-8-9(13)2-1-3-10(8)14/h4,6H,1-3,5,7H2,(H2,12,15). The molecular weight excluding hydrogens is 192 g/mol. The number of carbonyl (C=O) groups excluding carboxylic acids is 2. The monoisotopic (exact) mass is 206 g/mol. The van der Waals surface area contributed by atoms with Crippen LogP contribution in [0.25, 0.3) is 0 Å². The van der Waals surface area contributed by atoms with Crippen LogP contribution in [0.4, 0.5) is 0 Å². The molecule has 4 nitrogen and oxygen atoms in total. The first kappa shape index (κ1) is 9.96. The summed E-state index contributed by atoms with van der Waals surface area (Å²) in [5.74, 6) is -0.0892. The Morgan fingerprint density at radius 2 is 2.27 bits per heavy atom. The minimum atomic E-state index is -0.306. The number of rotatable bonds is 3. The summed E-state index contributed by atoms with van der Waals surface area (Å²) >= 11 is 0. The van der Waals surface area contributed by atoms with Crippen molar-refractivity contribution in [3.05, 3.63) is 23.5 Å². The van der Waals surface area contributed by atoms with Gasteiger partial charge in [0.15, 0.2) is 5.78 Å². The lowest BCUT2D eigenvalue weighted by molar-refractivity contribution is -0.118. The Bertz CT molecular complexity index is 407. The summed E-state index contributed by atoms with van der Waals surface area (Å²) in [7, 11) is 0. The number of amides is 1. The van der Waals surface area contributed by atoms with Gasteiger partial charge in [-0.15, -0.1) is 0 Å². The van der Waals surface area contributed by atoms with Gasteiger partial charge in [0.2, 0.25) is 5.91 Å². The minimum absolute atomic E-state index is 0.217. The van der Waals surface area contributed by atoms with E-state index in [-0.39, 0.29) is 11.7 Å². The molecule has 0 fully saturated rings. The first-order chi connectivity index (χ1) is 7.18. The molecule has 0 atom stereocenters. The van der Waals surface area contributed by atoms with Crippen LogP contribution in [0.1, 0.15) is 35.3 Å². The molecule has 0 aliphatic heterocycles. The van der Waals surface area contributed by atoms with Crippen LogP contribution in [0.5, 0.6) is 0 Å². The third-order valence-corrected chi connectivity index (χ3v) is 2.80. The summed E-state index contributed by atoms with van der Waals surface area (Å²) < 4.78 is 1.97. The quantitative estimate of drug-likeness (QED) is 0.797. The van der Waals surface area contributed by atoms with Gasteiger partial charge in [-0.05, 0) is 18.9 Å². The van der Waals surface area contributed by atoms with Gasteiger partial charge in [0.1, 0.15) is 0 Å². The highest BCUT2D eigenvalue weighted by atomic mass is 16.1. The second kappa shape index (κ2) is 3.88. The lowest BCUT2D eigenvalue weighted by atomic mass is 9.97. The number of nitrogens with zero attached hydrogens (tertiary/aromatic N) is 1. The second-order valence-electron chi connectivity index (χ2n) is 3.86. The zero-order chi connectivity index (χ0) is 10.8. The SMILES string of the molecule is NC(=O)CCn1ccc2c1CCCC2=O. The molecule has 15 heavy (non-hydrogen) atoms. The molecule has 80 valence electrons. The maximum atomic E-state index is 11.5. The van der Waals surface area contributed by atoms with Crippen LogP contribution < -0.4 is 5.73 Å². The van der Waals surface area contributed by atoms with Gasteiger partial charge in [-0.3, -0.25) is 9.59 Å². The van der Waals surface area contributed by atoms with Crippen molar-refractivity contribution in [3.8, 4) is 0 Å². The van der Waals surface area contributed by atoms with Crippen LogP contribution in [0.3, 0.4) is 0 Å². The fourth-order valence-electron chi connectivity index (χ4n) is 2.03. The van der Waals surface area contributed by atoms with Gasteiger partial charge >= 0.3 is 0 Å². The molecule has 1 aromatic heterocycles. The molecule has 0 saturated heterocycles. The number of fused-ring (bicyclic) bond motifs is 1. The third-order valence-electron chi connectivity index (χ3n) is 2.80. The summed E-state index contributed by atoms with van der Waals surface area (Å²) in [6.45, 7) is 0.581. The van der Waals surface area contributed by atoms with Crippen molar-refractivity contribution in [2.24, 2.45) is 5.73 Å². The predicted molar refractivity (Wildman–Crippen MR) is 55.5 cm³/mol. The van der Waals surface area contributed by atoms with Gasteiger partial charge in [0, 0.05) is 36.8 Å². The maximum absolute atomic E-state index is 11.5. The Labute approximate surface area is 88.1 Å². The van der Waals surface area contributed by atoms with E-state index in [1.54, 1.807) is 0 Å². The molecule has 0 unspecified atom stereocenters. The van der Waals surface area contributed by atoms with E-state index in [0.717, 1.165) is 24.1 Å². The molecule has 0 bridgehead atoms. The minimum Gasteiger partial charge on any atom is -0.370 e. The number of ketones is 1. The number of nitrogens with two attached hydrogens (primary N) is 1. The Balaban J connectivity index is 2.19. The van der Waals surface area contributed by atoms with E-state index < -0.39 is 0 Å². The number of hydrogen-bond acceptors (Lipinski definition) is 2. The Hall–Kier alpha value is -1.58.